The van der Waals surface area contributed by atoms with E-state index in [2.05, 4.69) is 6.92 Å². The van der Waals surface area contributed by atoms with Crippen molar-refractivity contribution in [3.8, 4) is 0 Å². The molecular weight excluding hydrogens is 170 g/mol. The van der Waals surface area contributed by atoms with Gasteiger partial charge in [0.05, 0.1) is 0 Å². The highest BCUT2D eigenvalue weighted by molar-refractivity contribution is 6.30. The number of hydrogen-bond acceptors (Lipinski definition) is 1. The zero-order valence-electron chi connectivity index (χ0n) is 7.47. The molecule has 1 rings (SSSR count). The van der Waals surface area contributed by atoms with Gasteiger partial charge in [0.2, 0.25) is 0 Å². The fraction of sp³-hybridized carbons (Fsp3) is 0.400. The van der Waals surface area contributed by atoms with E-state index in [0.717, 1.165) is 17.0 Å². The molecule has 0 bridgehead atoms. The zero-order valence-corrected chi connectivity index (χ0v) is 8.23. The van der Waals surface area contributed by atoms with Crippen molar-refractivity contribution in [2.45, 2.75) is 25.8 Å². The van der Waals surface area contributed by atoms with Crippen molar-refractivity contribution in [2.75, 3.05) is 0 Å². The van der Waals surface area contributed by atoms with E-state index < -0.39 is 0 Å². The van der Waals surface area contributed by atoms with E-state index in [9.17, 15) is 0 Å². The molecule has 2 heteroatoms. The maximum absolute atomic E-state index is 6.05. The van der Waals surface area contributed by atoms with Gasteiger partial charge in [0.1, 0.15) is 0 Å². The summed E-state index contributed by atoms with van der Waals surface area (Å²) in [6.45, 7) is 4.08. The topological polar surface area (TPSA) is 26.0 Å². The largest absolute Gasteiger partial charge is 0.322 e. The lowest BCUT2D eigenvalue weighted by Crippen LogP contribution is -2.31. The molecule has 1 aromatic rings. The smallest absolute Gasteiger partial charge is 0.0409 e. The van der Waals surface area contributed by atoms with Crippen molar-refractivity contribution in [2.24, 2.45) is 5.73 Å². The predicted molar refractivity (Wildman–Crippen MR) is 53.3 cm³/mol. The molecule has 0 fully saturated rings. The predicted octanol–water partition coefficient (Wildman–Crippen LogP) is 2.92. The van der Waals surface area contributed by atoms with E-state index in [1.54, 1.807) is 0 Å². The average Bonchev–Trinajstić information content (AvgIpc) is 2.05. The molecule has 0 aliphatic carbocycles. The van der Waals surface area contributed by atoms with Gasteiger partial charge in [-0.3, -0.25) is 0 Å². The highest BCUT2D eigenvalue weighted by Gasteiger charge is 2.17. The molecule has 0 spiro atoms. The fourth-order valence-corrected chi connectivity index (χ4v) is 1.24. The normalized spacial score (nSPS) is 15.7. The second kappa shape index (κ2) is 3.46. The summed E-state index contributed by atoms with van der Waals surface area (Å²) >= 11 is 5.85. The van der Waals surface area contributed by atoms with Gasteiger partial charge in [-0.05, 0) is 31.0 Å². The van der Waals surface area contributed by atoms with Gasteiger partial charge in [-0.2, -0.15) is 0 Å². The van der Waals surface area contributed by atoms with Crippen LogP contribution in [0.15, 0.2) is 24.3 Å². The maximum Gasteiger partial charge on any atom is 0.0409 e. The molecule has 0 aromatic heterocycles. The van der Waals surface area contributed by atoms with E-state index in [1.165, 1.54) is 0 Å². The molecule has 1 nitrogen and oxygen atoms in total. The van der Waals surface area contributed by atoms with Crippen LogP contribution in [-0.2, 0) is 5.54 Å². The van der Waals surface area contributed by atoms with Gasteiger partial charge < -0.3 is 5.73 Å². The van der Waals surface area contributed by atoms with Crippen molar-refractivity contribution in [1.29, 1.82) is 0 Å². The lowest BCUT2D eigenvalue weighted by atomic mass is 9.91. The van der Waals surface area contributed by atoms with Crippen LogP contribution >= 0.6 is 11.6 Å². The summed E-state index contributed by atoms with van der Waals surface area (Å²) in [5, 5.41) is 0.748. The van der Waals surface area contributed by atoms with Crippen molar-refractivity contribution in [3.63, 3.8) is 0 Å². The highest BCUT2D eigenvalue weighted by atomic mass is 35.5. The van der Waals surface area contributed by atoms with E-state index in [1.807, 2.05) is 31.2 Å². The fourth-order valence-electron chi connectivity index (χ4n) is 1.05. The summed E-state index contributed by atoms with van der Waals surface area (Å²) < 4.78 is 0. The minimum atomic E-state index is -0.259. The Kier molecular flexibility index (Phi) is 2.76. The van der Waals surface area contributed by atoms with Crippen LogP contribution in [0.2, 0.25) is 5.02 Å². The third kappa shape index (κ3) is 1.99. The van der Waals surface area contributed by atoms with Crippen molar-refractivity contribution >= 4 is 11.6 Å². The molecule has 0 aliphatic heterocycles. The molecule has 2 N–H and O–H groups in total. The molecule has 0 saturated heterocycles. The van der Waals surface area contributed by atoms with E-state index in [4.69, 9.17) is 17.3 Å². The first kappa shape index (κ1) is 9.56. The lowest BCUT2D eigenvalue weighted by molar-refractivity contribution is 0.476. The number of rotatable bonds is 2. The van der Waals surface area contributed by atoms with Crippen molar-refractivity contribution < 1.29 is 0 Å². The Morgan fingerprint density at radius 2 is 2.17 bits per heavy atom. The maximum atomic E-state index is 6.05. The van der Waals surface area contributed by atoms with Gasteiger partial charge in [-0.25, -0.2) is 0 Å². The molecule has 66 valence electrons. The molecular formula is C10H14ClN. The third-order valence-corrected chi connectivity index (χ3v) is 2.45. The Morgan fingerprint density at radius 1 is 1.50 bits per heavy atom. The van der Waals surface area contributed by atoms with Crippen LogP contribution in [-0.4, -0.2) is 0 Å². The number of nitrogens with two attached hydrogens (primary N) is 1. The standard InChI is InChI=1S/C10H14ClN/c1-3-10(2,12)8-5-4-6-9(11)7-8/h4-7H,3,12H2,1-2H3. The molecule has 1 unspecified atom stereocenters. The van der Waals surface area contributed by atoms with Crippen LogP contribution in [0, 0.1) is 0 Å². The SMILES string of the molecule is CCC(C)(N)c1cccc(Cl)c1. The summed E-state index contributed by atoms with van der Waals surface area (Å²) in [5.74, 6) is 0. The van der Waals surface area contributed by atoms with Gasteiger partial charge in [0.15, 0.2) is 0 Å². The second-order valence-electron chi connectivity index (χ2n) is 3.28. The first-order chi connectivity index (χ1) is 5.56. The molecule has 0 radical (unpaired) electrons. The Morgan fingerprint density at radius 3 is 2.67 bits per heavy atom. The summed E-state index contributed by atoms with van der Waals surface area (Å²) in [4.78, 5) is 0. The monoisotopic (exact) mass is 183 g/mol. The number of hydrogen-bond donors (Lipinski definition) is 1. The van der Waals surface area contributed by atoms with Gasteiger partial charge >= 0.3 is 0 Å². The highest BCUT2D eigenvalue weighted by Crippen LogP contribution is 2.23. The number of benzene rings is 1. The van der Waals surface area contributed by atoms with Gasteiger partial charge in [-0.1, -0.05) is 30.7 Å². The van der Waals surface area contributed by atoms with Crippen LogP contribution in [0.4, 0.5) is 0 Å². The molecule has 0 aliphatic rings. The lowest BCUT2D eigenvalue weighted by Gasteiger charge is -2.23. The van der Waals surface area contributed by atoms with Gasteiger partial charge in [0, 0.05) is 10.6 Å². The van der Waals surface area contributed by atoms with Crippen molar-refractivity contribution in [3.05, 3.63) is 34.9 Å². The molecule has 0 saturated carbocycles. The minimum absolute atomic E-state index is 0.259. The molecule has 0 heterocycles. The zero-order chi connectivity index (χ0) is 9.19. The first-order valence-corrected chi connectivity index (χ1v) is 4.49. The summed E-state index contributed by atoms with van der Waals surface area (Å²) in [6.07, 6.45) is 0.910. The molecule has 12 heavy (non-hydrogen) atoms. The van der Waals surface area contributed by atoms with Crippen LogP contribution in [0.3, 0.4) is 0 Å². The number of halogens is 1. The first-order valence-electron chi connectivity index (χ1n) is 4.11. The molecule has 1 atom stereocenters. The summed E-state index contributed by atoms with van der Waals surface area (Å²) in [6, 6.07) is 7.72. The third-order valence-electron chi connectivity index (χ3n) is 2.22. The molecule has 0 amide bonds. The van der Waals surface area contributed by atoms with Crippen LogP contribution < -0.4 is 5.73 Å². The Hall–Kier alpha value is -0.530. The van der Waals surface area contributed by atoms with E-state index in [-0.39, 0.29) is 5.54 Å². The van der Waals surface area contributed by atoms with Crippen LogP contribution in [0.25, 0.3) is 0 Å². The van der Waals surface area contributed by atoms with Crippen LogP contribution in [0.1, 0.15) is 25.8 Å². The molecule has 1 aromatic carbocycles. The summed E-state index contributed by atoms with van der Waals surface area (Å²) in [5.41, 5.74) is 6.88. The van der Waals surface area contributed by atoms with Crippen molar-refractivity contribution in [1.82, 2.24) is 0 Å². The van der Waals surface area contributed by atoms with E-state index in [0.29, 0.717) is 0 Å². The average molecular weight is 184 g/mol. The Labute approximate surface area is 78.5 Å². The van der Waals surface area contributed by atoms with Gasteiger partial charge in [-0.15, -0.1) is 0 Å². The Bertz CT molecular complexity index is 268. The quantitative estimate of drug-likeness (QED) is 0.750. The van der Waals surface area contributed by atoms with Gasteiger partial charge in [0.25, 0.3) is 0 Å². The summed E-state index contributed by atoms with van der Waals surface area (Å²) in [7, 11) is 0. The Balaban J connectivity index is 3.03. The second-order valence-corrected chi connectivity index (χ2v) is 3.72. The van der Waals surface area contributed by atoms with Crippen LogP contribution in [0.5, 0.6) is 0 Å². The minimum Gasteiger partial charge on any atom is -0.322 e. The van der Waals surface area contributed by atoms with E-state index >= 15 is 0 Å².